The van der Waals surface area contributed by atoms with Crippen LogP contribution in [0.3, 0.4) is 0 Å². The molecule has 1 unspecified atom stereocenters. The number of ether oxygens (including phenoxy) is 1. The summed E-state index contributed by atoms with van der Waals surface area (Å²) in [7, 11) is 0. The van der Waals surface area contributed by atoms with Crippen molar-refractivity contribution >= 4 is 28.8 Å². The second-order valence-electron chi connectivity index (χ2n) is 16.8. The molecule has 1 atom stereocenters. The number of fused-ring (bicyclic) bond motifs is 3. The average Bonchev–Trinajstić information content (AvgIpc) is 3.83. The summed E-state index contributed by atoms with van der Waals surface area (Å²) in [6, 6.07) is 31.5. The molecule has 0 amide bonds. The van der Waals surface area contributed by atoms with Crippen molar-refractivity contribution in [2.24, 2.45) is 5.41 Å². The van der Waals surface area contributed by atoms with Crippen LogP contribution in [0.25, 0.3) is 51.0 Å². The first-order chi connectivity index (χ1) is 26.3. The molecule has 0 aliphatic heterocycles. The van der Waals surface area contributed by atoms with Crippen molar-refractivity contribution < 1.29 is 14.6 Å². The normalized spacial score (nSPS) is 15.7. The van der Waals surface area contributed by atoms with Crippen LogP contribution in [0.4, 0.5) is 0 Å². The summed E-state index contributed by atoms with van der Waals surface area (Å²) < 4.78 is 11.9. The summed E-state index contributed by atoms with van der Waals surface area (Å²) in [6.45, 7) is 13.3. The molecular weight excluding hydrogens is 679 g/mol. The van der Waals surface area contributed by atoms with E-state index >= 15 is 0 Å². The van der Waals surface area contributed by atoms with Gasteiger partial charge in [0, 0.05) is 39.2 Å². The number of aromatic amines is 1. The van der Waals surface area contributed by atoms with Gasteiger partial charge in [-0.1, -0.05) is 108 Å². The molecule has 2 aromatic heterocycles. The fourth-order valence-corrected chi connectivity index (χ4v) is 7.49. The molecule has 4 aromatic carbocycles. The smallest absolute Gasteiger partial charge is 0.373 e. The Morgan fingerprint density at radius 3 is 2.02 bits per heavy atom. The third-order valence-corrected chi connectivity index (χ3v) is 11.0. The number of aromatic nitrogens is 3. The number of rotatable bonds is 6. The minimum Gasteiger partial charge on any atom is -0.416 e. The zero-order chi connectivity index (χ0) is 38.5. The van der Waals surface area contributed by atoms with E-state index < -0.39 is 0 Å². The molecule has 7 nitrogen and oxygen atoms in total. The van der Waals surface area contributed by atoms with Crippen molar-refractivity contribution in [2.75, 3.05) is 0 Å². The van der Waals surface area contributed by atoms with Crippen molar-refractivity contribution in [3.63, 3.8) is 0 Å². The SMILES string of the molecule is CC(C)(C)C1=CC=C(C(=N)OC(=[NH2+])c2ccc(-c3ccc4[nH]c5c(c4c3)CC(c3ccc(-c4nnc(-c6ccc(C(C)(C)C)cc6)o4)cc3)C=C5)cc2)CC1. The van der Waals surface area contributed by atoms with E-state index in [0.29, 0.717) is 11.8 Å². The van der Waals surface area contributed by atoms with Crippen molar-refractivity contribution in [3.05, 3.63) is 148 Å². The van der Waals surface area contributed by atoms with Gasteiger partial charge in [0.25, 0.3) is 0 Å². The van der Waals surface area contributed by atoms with E-state index in [2.05, 4.69) is 142 Å². The van der Waals surface area contributed by atoms with Crippen LogP contribution in [0, 0.1) is 10.8 Å². The molecule has 6 aromatic rings. The van der Waals surface area contributed by atoms with Gasteiger partial charge >= 0.3 is 5.90 Å². The zero-order valence-corrected chi connectivity index (χ0v) is 32.5. The highest BCUT2D eigenvalue weighted by molar-refractivity contribution is 6.04. The zero-order valence-electron chi connectivity index (χ0n) is 32.5. The molecule has 0 bridgehead atoms. The Hall–Kier alpha value is -6.08. The Labute approximate surface area is 322 Å². The molecule has 0 spiro atoms. The second kappa shape index (κ2) is 14.0. The van der Waals surface area contributed by atoms with Gasteiger partial charge < -0.3 is 14.1 Å². The van der Waals surface area contributed by atoms with Crippen molar-refractivity contribution in [2.45, 2.75) is 72.1 Å². The van der Waals surface area contributed by atoms with E-state index in [0.717, 1.165) is 63.9 Å². The minimum atomic E-state index is 0.0847. The fourth-order valence-electron chi connectivity index (χ4n) is 7.49. The Morgan fingerprint density at radius 2 is 1.40 bits per heavy atom. The summed E-state index contributed by atoms with van der Waals surface area (Å²) in [5, 5.41) is 24.8. The monoisotopic (exact) mass is 726 g/mol. The summed E-state index contributed by atoms with van der Waals surface area (Å²) in [6.07, 6.45) is 11.2. The number of nitrogens with two attached hydrogens (primary N) is 1. The van der Waals surface area contributed by atoms with Gasteiger partial charge in [0.05, 0.1) is 5.56 Å². The number of benzene rings is 4. The van der Waals surface area contributed by atoms with Gasteiger partial charge in [0.15, 0.2) is 0 Å². The molecule has 2 heterocycles. The molecule has 4 N–H and O–H groups in total. The van der Waals surface area contributed by atoms with E-state index in [4.69, 9.17) is 20.0 Å². The van der Waals surface area contributed by atoms with Crippen LogP contribution in [-0.4, -0.2) is 27.0 Å². The van der Waals surface area contributed by atoms with Gasteiger partial charge in [0.1, 0.15) is 0 Å². The molecule has 0 radical (unpaired) electrons. The quantitative estimate of drug-likeness (QED) is 0.117. The lowest BCUT2D eigenvalue weighted by Gasteiger charge is -2.25. The number of allylic oxidation sites excluding steroid dienone is 4. The maximum atomic E-state index is 8.52. The fraction of sp³-hybridized carbons (Fsp3) is 0.250. The standard InChI is InChI=1S/C48H47N5O2/c1-47(2,3)37-21-15-32(16-22-37)44(50)54-43(49)31-11-7-29(8-12-31)35-19-25-41-39(27-35)40-28-36(20-26-42(40)51-41)30-9-13-33(14-10-30)45-52-53-46(55-45)34-17-23-38(24-18-34)48(4,5)6/h7-15,17-21,23-27,36,49-51H,16,22,28H2,1-6H3/p+1. The number of hydrogen-bond acceptors (Lipinski definition) is 5. The summed E-state index contributed by atoms with van der Waals surface area (Å²) >= 11 is 0. The number of nitrogens with one attached hydrogen (secondary N) is 2. The number of nitrogens with zero attached hydrogens (tertiary/aromatic N) is 2. The van der Waals surface area contributed by atoms with E-state index in [1.165, 1.54) is 27.6 Å². The minimum absolute atomic E-state index is 0.0847. The highest BCUT2D eigenvalue weighted by Gasteiger charge is 2.24. The summed E-state index contributed by atoms with van der Waals surface area (Å²) in [4.78, 5) is 3.62. The molecule has 7 heteroatoms. The lowest BCUT2D eigenvalue weighted by molar-refractivity contribution is -0.130. The molecule has 276 valence electrons. The predicted molar refractivity (Wildman–Crippen MR) is 223 cm³/mol. The van der Waals surface area contributed by atoms with Crippen molar-refractivity contribution in [3.8, 4) is 34.0 Å². The summed E-state index contributed by atoms with van der Waals surface area (Å²) in [5.41, 5.74) is 13.3. The second-order valence-corrected chi connectivity index (χ2v) is 16.8. The average molecular weight is 727 g/mol. The molecule has 0 saturated carbocycles. The highest BCUT2D eigenvalue weighted by atomic mass is 16.5. The van der Waals surface area contributed by atoms with Crippen LogP contribution in [0.15, 0.2) is 125 Å². The Morgan fingerprint density at radius 1 is 0.764 bits per heavy atom. The first kappa shape index (κ1) is 35.9. The molecule has 0 fully saturated rings. The predicted octanol–water partition coefficient (Wildman–Crippen LogP) is 10.4. The molecule has 55 heavy (non-hydrogen) atoms. The molecule has 2 aliphatic rings. The molecule has 2 aliphatic carbocycles. The summed E-state index contributed by atoms with van der Waals surface area (Å²) in [5.74, 6) is 1.60. The first-order valence-electron chi connectivity index (χ1n) is 19.1. The van der Waals surface area contributed by atoms with Gasteiger partial charge in [0.2, 0.25) is 17.7 Å². The van der Waals surface area contributed by atoms with Crippen molar-refractivity contribution in [1.29, 1.82) is 5.41 Å². The van der Waals surface area contributed by atoms with Crippen LogP contribution in [0.1, 0.15) is 88.2 Å². The Balaban J connectivity index is 0.941. The van der Waals surface area contributed by atoms with Gasteiger partial charge in [-0.3, -0.25) is 5.41 Å². The van der Waals surface area contributed by atoms with Gasteiger partial charge in [-0.25, -0.2) is 5.41 Å². The number of H-pyrrole nitrogens is 1. The first-order valence-corrected chi connectivity index (χ1v) is 19.1. The number of hydrogen-bond donors (Lipinski definition) is 3. The van der Waals surface area contributed by atoms with Crippen LogP contribution in [0.5, 0.6) is 0 Å². The van der Waals surface area contributed by atoms with Crippen LogP contribution in [0.2, 0.25) is 0 Å². The topological polar surface area (TPSA) is 113 Å². The van der Waals surface area contributed by atoms with Crippen LogP contribution >= 0.6 is 0 Å². The maximum Gasteiger partial charge on any atom is 0.373 e. The van der Waals surface area contributed by atoms with Gasteiger partial charge in [-0.15, -0.1) is 10.2 Å². The van der Waals surface area contributed by atoms with Gasteiger partial charge in [-0.2, -0.15) is 0 Å². The third-order valence-electron chi connectivity index (χ3n) is 11.0. The lowest BCUT2D eigenvalue weighted by atomic mass is 9.80. The van der Waals surface area contributed by atoms with Crippen molar-refractivity contribution in [1.82, 2.24) is 15.2 Å². The Kier molecular flexibility index (Phi) is 9.12. The Bertz CT molecular complexity index is 2510. The molecule has 0 saturated heterocycles. The molecule has 8 rings (SSSR count). The lowest BCUT2D eigenvalue weighted by Crippen LogP contribution is -2.43. The highest BCUT2D eigenvalue weighted by Crippen LogP contribution is 2.38. The molecular formula is C48H48N5O2+. The van der Waals surface area contributed by atoms with E-state index in [-0.39, 0.29) is 28.5 Å². The van der Waals surface area contributed by atoms with E-state index in [1.54, 1.807) is 0 Å². The van der Waals surface area contributed by atoms with Gasteiger partial charge in [-0.05, 0) is 113 Å². The largest absolute Gasteiger partial charge is 0.416 e. The maximum absolute atomic E-state index is 8.52. The third kappa shape index (κ3) is 7.39. The van der Waals surface area contributed by atoms with E-state index in [9.17, 15) is 0 Å². The van der Waals surface area contributed by atoms with E-state index in [1.807, 2.05) is 30.3 Å². The van der Waals surface area contributed by atoms with Crippen LogP contribution in [-0.2, 0) is 16.6 Å². The van der Waals surface area contributed by atoms with Crippen LogP contribution < -0.4 is 5.41 Å².